The molecule has 1 amide bonds. The SMILES string of the molecule is Cc1cc(NC(=O)C2CCOCC2)ccc1S(N)(=O)=O. The second kappa shape index (κ2) is 5.90. The van der Waals surface area contributed by atoms with E-state index in [1.165, 1.54) is 6.07 Å². The number of amides is 1. The fraction of sp³-hybridized carbons (Fsp3) is 0.462. The van der Waals surface area contributed by atoms with Crippen LogP contribution in [0.4, 0.5) is 5.69 Å². The molecule has 1 saturated heterocycles. The van der Waals surface area contributed by atoms with Gasteiger partial charge in [0.05, 0.1) is 4.90 Å². The molecule has 1 heterocycles. The van der Waals surface area contributed by atoms with Crippen molar-refractivity contribution in [2.24, 2.45) is 11.1 Å². The molecular weight excluding hydrogens is 280 g/mol. The number of nitrogens with two attached hydrogens (primary N) is 1. The number of primary sulfonamides is 1. The van der Waals surface area contributed by atoms with Crippen molar-refractivity contribution in [3.8, 4) is 0 Å². The van der Waals surface area contributed by atoms with Gasteiger partial charge >= 0.3 is 0 Å². The first-order chi connectivity index (χ1) is 9.38. The number of carbonyl (C=O) groups is 1. The summed E-state index contributed by atoms with van der Waals surface area (Å²) in [6.07, 6.45) is 1.42. The molecule has 7 heteroatoms. The molecule has 3 N–H and O–H groups in total. The topological polar surface area (TPSA) is 98.5 Å². The number of ether oxygens (including phenoxy) is 1. The predicted molar refractivity (Wildman–Crippen MR) is 74.7 cm³/mol. The molecule has 2 rings (SSSR count). The van der Waals surface area contributed by atoms with Gasteiger partial charge in [0.25, 0.3) is 0 Å². The largest absolute Gasteiger partial charge is 0.381 e. The molecule has 0 unspecified atom stereocenters. The highest BCUT2D eigenvalue weighted by molar-refractivity contribution is 7.89. The maximum atomic E-state index is 12.1. The van der Waals surface area contributed by atoms with Crippen molar-refractivity contribution in [2.75, 3.05) is 18.5 Å². The Kier molecular flexibility index (Phi) is 4.42. The number of hydrogen-bond donors (Lipinski definition) is 2. The van der Waals surface area contributed by atoms with Crippen LogP contribution in [0.2, 0.25) is 0 Å². The number of anilines is 1. The Bertz CT molecular complexity index is 607. The Labute approximate surface area is 118 Å². The normalized spacial score (nSPS) is 16.9. The summed E-state index contributed by atoms with van der Waals surface area (Å²) in [4.78, 5) is 12.1. The number of benzene rings is 1. The van der Waals surface area contributed by atoms with E-state index in [9.17, 15) is 13.2 Å². The van der Waals surface area contributed by atoms with Crippen LogP contribution in [0.3, 0.4) is 0 Å². The number of hydrogen-bond acceptors (Lipinski definition) is 4. The molecule has 0 saturated carbocycles. The zero-order valence-corrected chi connectivity index (χ0v) is 12.1. The van der Waals surface area contributed by atoms with E-state index in [4.69, 9.17) is 9.88 Å². The molecule has 20 heavy (non-hydrogen) atoms. The van der Waals surface area contributed by atoms with Gasteiger partial charge in [-0.05, 0) is 43.5 Å². The fourth-order valence-electron chi connectivity index (χ4n) is 2.25. The summed E-state index contributed by atoms with van der Waals surface area (Å²) in [6.45, 7) is 2.84. The van der Waals surface area contributed by atoms with Gasteiger partial charge in [0, 0.05) is 24.8 Å². The molecule has 1 aliphatic rings. The lowest BCUT2D eigenvalue weighted by Crippen LogP contribution is -2.28. The first-order valence-corrected chi connectivity index (χ1v) is 7.94. The van der Waals surface area contributed by atoms with Crippen LogP contribution < -0.4 is 10.5 Å². The van der Waals surface area contributed by atoms with E-state index in [1.807, 2.05) is 0 Å². The summed E-state index contributed by atoms with van der Waals surface area (Å²) in [6, 6.07) is 4.56. The van der Waals surface area contributed by atoms with Crippen LogP contribution in [-0.2, 0) is 19.6 Å². The molecule has 0 aromatic heterocycles. The van der Waals surface area contributed by atoms with E-state index in [0.717, 1.165) is 0 Å². The van der Waals surface area contributed by atoms with Gasteiger partial charge in [-0.1, -0.05) is 0 Å². The number of sulfonamides is 1. The maximum Gasteiger partial charge on any atom is 0.238 e. The molecule has 1 aliphatic heterocycles. The molecule has 1 aromatic rings. The number of nitrogens with one attached hydrogen (secondary N) is 1. The second-order valence-electron chi connectivity index (χ2n) is 4.90. The Morgan fingerprint density at radius 2 is 2.00 bits per heavy atom. The lowest BCUT2D eigenvalue weighted by Gasteiger charge is -2.21. The molecule has 1 fully saturated rings. The summed E-state index contributed by atoms with van der Waals surface area (Å²) in [5, 5.41) is 7.90. The molecule has 0 spiro atoms. The Morgan fingerprint density at radius 3 is 2.55 bits per heavy atom. The van der Waals surface area contributed by atoms with E-state index in [1.54, 1.807) is 19.1 Å². The van der Waals surface area contributed by atoms with Crippen LogP contribution >= 0.6 is 0 Å². The van der Waals surface area contributed by atoms with Gasteiger partial charge in [0.15, 0.2) is 0 Å². The van der Waals surface area contributed by atoms with Crippen molar-refractivity contribution in [3.05, 3.63) is 23.8 Å². The standard InChI is InChI=1S/C13H18N2O4S/c1-9-8-11(2-3-12(9)20(14,17)18)15-13(16)10-4-6-19-7-5-10/h2-3,8,10H,4-7H2,1H3,(H,15,16)(H2,14,17,18). The molecule has 0 bridgehead atoms. The third kappa shape index (κ3) is 3.56. The Morgan fingerprint density at radius 1 is 1.35 bits per heavy atom. The van der Waals surface area contributed by atoms with Crippen LogP contribution in [0.25, 0.3) is 0 Å². The van der Waals surface area contributed by atoms with Crippen molar-refractivity contribution in [1.29, 1.82) is 0 Å². The van der Waals surface area contributed by atoms with E-state index in [2.05, 4.69) is 5.32 Å². The van der Waals surface area contributed by atoms with Gasteiger partial charge < -0.3 is 10.1 Å². The summed E-state index contributed by atoms with van der Waals surface area (Å²) in [5.41, 5.74) is 1.09. The fourth-order valence-corrected chi connectivity index (χ4v) is 3.02. The van der Waals surface area contributed by atoms with Crippen molar-refractivity contribution in [2.45, 2.75) is 24.7 Å². The number of rotatable bonds is 3. The predicted octanol–water partition coefficient (Wildman–Crippen LogP) is 1.01. The first-order valence-electron chi connectivity index (χ1n) is 6.40. The zero-order valence-electron chi connectivity index (χ0n) is 11.3. The van der Waals surface area contributed by atoms with Gasteiger partial charge in [-0.2, -0.15) is 0 Å². The summed E-state index contributed by atoms with van der Waals surface area (Å²) in [5.74, 6) is -0.113. The average Bonchev–Trinajstić information content (AvgIpc) is 2.38. The van der Waals surface area contributed by atoms with Crippen LogP contribution in [0, 0.1) is 12.8 Å². The molecule has 110 valence electrons. The minimum atomic E-state index is -3.73. The molecule has 1 aromatic carbocycles. The van der Waals surface area contributed by atoms with E-state index < -0.39 is 10.0 Å². The van der Waals surface area contributed by atoms with Crippen LogP contribution in [0.5, 0.6) is 0 Å². The van der Waals surface area contributed by atoms with Crippen LogP contribution in [0.1, 0.15) is 18.4 Å². The highest BCUT2D eigenvalue weighted by Crippen LogP contribution is 2.21. The summed E-state index contributed by atoms with van der Waals surface area (Å²) >= 11 is 0. The van der Waals surface area contributed by atoms with Gasteiger partial charge in [0.2, 0.25) is 15.9 Å². The molecule has 0 atom stereocenters. The molecule has 0 radical (unpaired) electrons. The minimum absolute atomic E-state index is 0.0537. The third-order valence-electron chi connectivity index (χ3n) is 3.34. The zero-order chi connectivity index (χ0) is 14.8. The van der Waals surface area contributed by atoms with Crippen LogP contribution in [-0.4, -0.2) is 27.5 Å². The summed E-state index contributed by atoms with van der Waals surface area (Å²) in [7, 11) is -3.73. The lowest BCUT2D eigenvalue weighted by atomic mass is 9.99. The van der Waals surface area contributed by atoms with Gasteiger partial charge in [-0.15, -0.1) is 0 Å². The Hall–Kier alpha value is -1.44. The van der Waals surface area contributed by atoms with Gasteiger partial charge in [-0.3, -0.25) is 4.79 Å². The van der Waals surface area contributed by atoms with Crippen molar-refractivity contribution < 1.29 is 17.9 Å². The van der Waals surface area contributed by atoms with E-state index in [0.29, 0.717) is 37.3 Å². The van der Waals surface area contributed by atoms with Crippen LogP contribution in [0.15, 0.2) is 23.1 Å². The molecule has 0 aliphatic carbocycles. The highest BCUT2D eigenvalue weighted by Gasteiger charge is 2.22. The number of carbonyl (C=O) groups excluding carboxylic acids is 1. The molecular formula is C13H18N2O4S. The lowest BCUT2D eigenvalue weighted by molar-refractivity contribution is -0.122. The Balaban J connectivity index is 2.10. The third-order valence-corrected chi connectivity index (χ3v) is 4.41. The monoisotopic (exact) mass is 298 g/mol. The van der Waals surface area contributed by atoms with E-state index >= 15 is 0 Å². The smallest absolute Gasteiger partial charge is 0.238 e. The summed E-state index contributed by atoms with van der Waals surface area (Å²) < 4.78 is 27.8. The average molecular weight is 298 g/mol. The maximum absolute atomic E-state index is 12.1. The van der Waals surface area contributed by atoms with Crippen molar-refractivity contribution in [1.82, 2.24) is 0 Å². The second-order valence-corrected chi connectivity index (χ2v) is 6.43. The van der Waals surface area contributed by atoms with Crippen molar-refractivity contribution in [3.63, 3.8) is 0 Å². The quantitative estimate of drug-likeness (QED) is 0.870. The number of aryl methyl sites for hydroxylation is 1. The first kappa shape index (κ1) is 15.0. The van der Waals surface area contributed by atoms with Gasteiger partial charge in [0.1, 0.15) is 0 Å². The van der Waals surface area contributed by atoms with Crippen molar-refractivity contribution >= 4 is 21.6 Å². The minimum Gasteiger partial charge on any atom is -0.381 e. The van der Waals surface area contributed by atoms with Gasteiger partial charge in [-0.25, -0.2) is 13.6 Å². The van der Waals surface area contributed by atoms with E-state index in [-0.39, 0.29) is 16.7 Å². The molecule has 6 nitrogen and oxygen atoms in total. The highest BCUT2D eigenvalue weighted by atomic mass is 32.2.